The van der Waals surface area contributed by atoms with Gasteiger partial charge in [0.25, 0.3) is 0 Å². The molecule has 62 valence electrons. The van der Waals surface area contributed by atoms with E-state index in [1.807, 2.05) is 0 Å². The van der Waals surface area contributed by atoms with E-state index in [1.165, 1.54) is 5.38 Å². The maximum absolute atomic E-state index is 12.0. The Morgan fingerprint density at radius 2 is 1.82 bits per heavy atom. The first-order chi connectivity index (χ1) is 4.93. The Bertz CT molecular complexity index is 265. The van der Waals surface area contributed by atoms with Gasteiger partial charge in [-0.15, -0.1) is 11.3 Å². The summed E-state index contributed by atoms with van der Waals surface area (Å²) in [5, 5.41) is 1.40. The Kier molecular flexibility index (Phi) is 2.66. The van der Waals surface area contributed by atoms with Gasteiger partial charge in [0.15, 0.2) is 0 Å². The second-order valence-electron chi connectivity index (χ2n) is 1.72. The van der Waals surface area contributed by atoms with Gasteiger partial charge >= 0.3 is 6.18 Å². The fourth-order valence-electron chi connectivity index (χ4n) is 0.514. The van der Waals surface area contributed by atoms with Crippen molar-refractivity contribution in [3.63, 3.8) is 0 Å². The Hall–Kier alpha value is 0.450. The van der Waals surface area contributed by atoms with Gasteiger partial charge in [0.2, 0.25) is 0 Å². The van der Waals surface area contributed by atoms with E-state index in [4.69, 9.17) is 0 Å². The molecule has 1 rings (SSSR count). The average molecular weight is 310 g/mol. The predicted octanol–water partition coefficient (Wildman–Crippen LogP) is 4.29. The second-order valence-corrected chi connectivity index (χ2v) is 4.25. The predicted molar refractivity (Wildman–Crippen MR) is 44.7 cm³/mol. The van der Waals surface area contributed by atoms with E-state index in [0.29, 0.717) is 15.8 Å². The maximum atomic E-state index is 12.0. The molecule has 0 atom stereocenters. The lowest BCUT2D eigenvalue weighted by Gasteiger charge is -2.02. The number of hydrogen-bond donors (Lipinski definition) is 0. The number of thiophene rings is 1. The zero-order chi connectivity index (χ0) is 8.65. The van der Waals surface area contributed by atoms with E-state index in [2.05, 4.69) is 31.9 Å². The highest BCUT2D eigenvalue weighted by molar-refractivity contribution is 9.13. The average Bonchev–Trinajstić information content (AvgIpc) is 2.11. The summed E-state index contributed by atoms with van der Waals surface area (Å²) in [6.07, 6.45) is -4.25. The Balaban J connectivity index is 3.15. The second kappa shape index (κ2) is 3.06. The van der Waals surface area contributed by atoms with Gasteiger partial charge < -0.3 is 0 Å². The van der Waals surface area contributed by atoms with Crippen LogP contribution in [0.5, 0.6) is 0 Å². The molecule has 0 saturated heterocycles. The lowest BCUT2D eigenvalue weighted by molar-refractivity contribution is -0.134. The summed E-state index contributed by atoms with van der Waals surface area (Å²) in [5.41, 5.74) is 0. The van der Waals surface area contributed by atoms with Crippen LogP contribution < -0.4 is 0 Å². The van der Waals surface area contributed by atoms with Crippen molar-refractivity contribution in [2.24, 2.45) is 0 Å². The summed E-state index contributed by atoms with van der Waals surface area (Å²) < 4.78 is 36.6. The van der Waals surface area contributed by atoms with Crippen LogP contribution in [0, 0.1) is 0 Å². The first-order valence-corrected chi connectivity index (χ1v) is 4.89. The first kappa shape index (κ1) is 9.54. The Morgan fingerprint density at radius 3 is 2.00 bits per heavy atom. The molecule has 1 heterocycles. The maximum Gasteiger partial charge on any atom is 0.426 e. The van der Waals surface area contributed by atoms with Crippen LogP contribution in [-0.4, -0.2) is 0 Å². The van der Waals surface area contributed by atoms with Gasteiger partial charge in [-0.3, -0.25) is 0 Å². The van der Waals surface area contributed by atoms with E-state index in [1.54, 1.807) is 0 Å². The normalized spacial score (nSPS) is 12.1. The lowest BCUT2D eigenvalue weighted by atomic mass is 10.5. The standard InChI is InChI=1S/C5HBr2F3S/c6-2-1-11-4(3(2)7)5(8,9)10/h1H. The minimum absolute atomic E-state index is 0.0787. The van der Waals surface area contributed by atoms with Gasteiger partial charge in [-0.2, -0.15) is 13.2 Å². The van der Waals surface area contributed by atoms with Crippen LogP contribution in [0.3, 0.4) is 0 Å². The topological polar surface area (TPSA) is 0 Å². The van der Waals surface area contributed by atoms with E-state index >= 15 is 0 Å². The first-order valence-electron chi connectivity index (χ1n) is 2.42. The molecule has 0 unspecified atom stereocenters. The van der Waals surface area contributed by atoms with Crippen molar-refractivity contribution in [1.29, 1.82) is 0 Å². The summed E-state index contributed by atoms with van der Waals surface area (Å²) in [7, 11) is 0. The van der Waals surface area contributed by atoms with Gasteiger partial charge in [0, 0.05) is 9.85 Å². The molecule has 11 heavy (non-hydrogen) atoms. The van der Waals surface area contributed by atoms with Gasteiger partial charge in [-0.05, 0) is 31.9 Å². The highest BCUT2D eigenvalue weighted by Gasteiger charge is 2.35. The molecule has 0 aliphatic heterocycles. The molecule has 0 aliphatic rings. The molecule has 0 spiro atoms. The highest BCUT2D eigenvalue weighted by Crippen LogP contribution is 2.42. The van der Waals surface area contributed by atoms with Crippen molar-refractivity contribution >= 4 is 43.2 Å². The van der Waals surface area contributed by atoms with Gasteiger partial charge in [-0.25, -0.2) is 0 Å². The van der Waals surface area contributed by atoms with Crippen LogP contribution in [0.15, 0.2) is 14.3 Å². The molecule has 0 amide bonds. The number of alkyl halides is 3. The summed E-state index contributed by atoms with van der Waals surface area (Å²) >= 11 is 6.47. The number of halogens is 5. The van der Waals surface area contributed by atoms with Crippen LogP contribution in [0.25, 0.3) is 0 Å². The highest BCUT2D eigenvalue weighted by atomic mass is 79.9. The summed E-state index contributed by atoms with van der Waals surface area (Å²) in [4.78, 5) is -0.607. The molecule has 0 N–H and O–H groups in total. The molecule has 0 fully saturated rings. The van der Waals surface area contributed by atoms with Gasteiger partial charge in [-0.1, -0.05) is 0 Å². The van der Waals surface area contributed by atoms with Gasteiger partial charge in [0.05, 0.1) is 4.47 Å². The third-order valence-electron chi connectivity index (χ3n) is 0.947. The van der Waals surface area contributed by atoms with Crippen molar-refractivity contribution < 1.29 is 13.2 Å². The zero-order valence-electron chi connectivity index (χ0n) is 4.88. The van der Waals surface area contributed by atoms with E-state index in [0.717, 1.165) is 0 Å². The molecule has 0 nitrogen and oxygen atoms in total. The van der Waals surface area contributed by atoms with Crippen molar-refractivity contribution in [2.45, 2.75) is 6.18 Å². The van der Waals surface area contributed by atoms with Gasteiger partial charge in [0.1, 0.15) is 4.88 Å². The number of hydrogen-bond acceptors (Lipinski definition) is 1. The van der Waals surface area contributed by atoms with E-state index < -0.39 is 11.1 Å². The molecule has 0 aliphatic carbocycles. The van der Waals surface area contributed by atoms with Crippen LogP contribution in [0.4, 0.5) is 13.2 Å². The Labute approximate surface area is 81.7 Å². The lowest BCUT2D eigenvalue weighted by Crippen LogP contribution is -2.01. The third-order valence-corrected chi connectivity index (χ3v) is 4.52. The minimum atomic E-state index is -4.25. The molecular formula is C5HBr2F3S. The van der Waals surface area contributed by atoms with Crippen LogP contribution in [0.1, 0.15) is 4.88 Å². The summed E-state index contributed by atoms with van der Waals surface area (Å²) in [5.74, 6) is 0. The van der Waals surface area contributed by atoms with Crippen molar-refractivity contribution in [3.05, 3.63) is 19.2 Å². The Morgan fingerprint density at radius 1 is 1.27 bits per heavy atom. The smallest absolute Gasteiger partial charge is 0.165 e. The largest absolute Gasteiger partial charge is 0.426 e. The summed E-state index contributed by atoms with van der Waals surface area (Å²) in [6.45, 7) is 0. The molecule has 1 aromatic heterocycles. The molecule has 1 aromatic rings. The van der Waals surface area contributed by atoms with Crippen LogP contribution in [-0.2, 0) is 6.18 Å². The molecule has 0 radical (unpaired) electrons. The minimum Gasteiger partial charge on any atom is -0.165 e. The fraction of sp³-hybridized carbons (Fsp3) is 0.200. The quantitative estimate of drug-likeness (QED) is 0.670. The molecule has 0 bridgehead atoms. The SMILES string of the molecule is FC(F)(F)c1scc(Br)c1Br. The fourth-order valence-corrected chi connectivity index (χ4v) is 2.58. The molecule has 6 heteroatoms. The summed E-state index contributed by atoms with van der Waals surface area (Å²) in [6, 6.07) is 0. The number of rotatable bonds is 0. The third kappa shape index (κ3) is 1.97. The van der Waals surface area contributed by atoms with Crippen molar-refractivity contribution in [3.8, 4) is 0 Å². The van der Waals surface area contributed by atoms with E-state index in [9.17, 15) is 13.2 Å². The molecule has 0 saturated carbocycles. The van der Waals surface area contributed by atoms with Crippen LogP contribution >= 0.6 is 43.2 Å². The molecular weight excluding hydrogens is 309 g/mol. The monoisotopic (exact) mass is 308 g/mol. The van der Waals surface area contributed by atoms with Crippen molar-refractivity contribution in [2.75, 3.05) is 0 Å². The zero-order valence-corrected chi connectivity index (χ0v) is 8.86. The van der Waals surface area contributed by atoms with Crippen LogP contribution in [0.2, 0.25) is 0 Å². The van der Waals surface area contributed by atoms with Crippen molar-refractivity contribution in [1.82, 2.24) is 0 Å². The van der Waals surface area contributed by atoms with E-state index in [-0.39, 0.29) is 4.47 Å². The molecule has 0 aromatic carbocycles.